The summed E-state index contributed by atoms with van der Waals surface area (Å²) in [5.41, 5.74) is 0.951. The van der Waals surface area contributed by atoms with E-state index >= 15 is 0 Å². The van der Waals surface area contributed by atoms with Gasteiger partial charge in [-0.2, -0.15) is 4.31 Å². The highest BCUT2D eigenvalue weighted by molar-refractivity contribution is 7.89. The number of carbonyl (C=O) groups excluding carboxylic acids is 1. The number of nitrogens with zero attached hydrogens (tertiary/aromatic N) is 1. The number of hydrogen-bond acceptors (Lipinski definition) is 4. The van der Waals surface area contributed by atoms with E-state index in [0.717, 1.165) is 12.1 Å². The van der Waals surface area contributed by atoms with Crippen LogP contribution in [-0.4, -0.2) is 51.9 Å². The number of likely N-dealkylation sites (N-methyl/N-ethyl adjacent to an activating group) is 1. The minimum Gasteiger partial charge on any atom is -0.355 e. The minimum absolute atomic E-state index is 0.0000826. The first-order chi connectivity index (χ1) is 11.0. The molecular formula is C16H27N3O3S. The first-order valence-electron chi connectivity index (χ1n) is 7.96. The standard InChI is InChI=1S/C16H27N3O3S/c1-4-19(5-2)23(21,22)15-9-6-14(7-10-15)8-11-16(20)18-13-12-17-3/h6-7,9-10,17H,4-5,8,11-13H2,1-3H3,(H,18,20). The molecule has 0 spiro atoms. The molecule has 1 aromatic rings. The highest BCUT2D eigenvalue weighted by atomic mass is 32.2. The molecule has 0 aromatic heterocycles. The Balaban J connectivity index is 2.62. The fraction of sp³-hybridized carbons (Fsp3) is 0.562. The molecule has 1 aromatic carbocycles. The number of nitrogens with one attached hydrogen (secondary N) is 2. The van der Waals surface area contributed by atoms with E-state index < -0.39 is 10.0 Å². The summed E-state index contributed by atoms with van der Waals surface area (Å²) in [6, 6.07) is 6.78. The molecule has 0 saturated carbocycles. The van der Waals surface area contributed by atoms with Gasteiger partial charge in [0.1, 0.15) is 0 Å². The molecule has 2 N–H and O–H groups in total. The van der Waals surface area contributed by atoms with E-state index in [1.165, 1.54) is 4.31 Å². The zero-order valence-corrected chi connectivity index (χ0v) is 14.9. The van der Waals surface area contributed by atoms with Crippen LogP contribution in [0.2, 0.25) is 0 Å². The summed E-state index contributed by atoms with van der Waals surface area (Å²) in [4.78, 5) is 11.9. The predicted octanol–water partition coefficient (Wildman–Crippen LogP) is 0.985. The van der Waals surface area contributed by atoms with Gasteiger partial charge in [-0.15, -0.1) is 0 Å². The van der Waals surface area contributed by atoms with E-state index in [2.05, 4.69) is 10.6 Å². The highest BCUT2D eigenvalue weighted by Crippen LogP contribution is 2.16. The zero-order valence-electron chi connectivity index (χ0n) is 14.1. The molecular weight excluding hydrogens is 314 g/mol. The van der Waals surface area contributed by atoms with Crippen molar-refractivity contribution in [2.45, 2.75) is 31.6 Å². The number of benzene rings is 1. The van der Waals surface area contributed by atoms with Crippen LogP contribution >= 0.6 is 0 Å². The summed E-state index contributed by atoms with van der Waals surface area (Å²) in [5.74, 6) is 0.0000826. The van der Waals surface area contributed by atoms with Crippen LogP contribution in [0.3, 0.4) is 0 Å². The van der Waals surface area contributed by atoms with Gasteiger partial charge >= 0.3 is 0 Å². The van der Waals surface area contributed by atoms with Crippen molar-refractivity contribution in [2.75, 3.05) is 33.2 Å². The van der Waals surface area contributed by atoms with Crippen LogP contribution in [0, 0.1) is 0 Å². The van der Waals surface area contributed by atoms with Crippen LogP contribution in [0.15, 0.2) is 29.2 Å². The third kappa shape index (κ3) is 5.93. The summed E-state index contributed by atoms with van der Waals surface area (Å²) in [6.07, 6.45) is 0.989. The summed E-state index contributed by atoms with van der Waals surface area (Å²) in [7, 11) is -1.58. The van der Waals surface area contributed by atoms with Gasteiger partial charge in [0, 0.05) is 32.6 Å². The summed E-state index contributed by atoms with van der Waals surface area (Å²) < 4.78 is 26.2. The van der Waals surface area contributed by atoms with Gasteiger partial charge in [-0.1, -0.05) is 26.0 Å². The highest BCUT2D eigenvalue weighted by Gasteiger charge is 2.21. The molecule has 1 amide bonds. The monoisotopic (exact) mass is 341 g/mol. The van der Waals surface area contributed by atoms with Gasteiger partial charge in [0.15, 0.2) is 0 Å². The average molecular weight is 341 g/mol. The van der Waals surface area contributed by atoms with Gasteiger partial charge in [0.05, 0.1) is 4.90 Å². The van der Waals surface area contributed by atoms with E-state index in [4.69, 9.17) is 0 Å². The number of rotatable bonds is 10. The Bertz CT molecular complexity index is 581. The largest absolute Gasteiger partial charge is 0.355 e. The van der Waals surface area contributed by atoms with E-state index in [-0.39, 0.29) is 5.91 Å². The van der Waals surface area contributed by atoms with E-state index in [9.17, 15) is 13.2 Å². The lowest BCUT2D eigenvalue weighted by molar-refractivity contribution is -0.121. The van der Waals surface area contributed by atoms with E-state index in [0.29, 0.717) is 37.4 Å². The van der Waals surface area contributed by atoms with Crippen molar-refractivity contribution in [1.29, 1.82) is 0 Å². The molecule has 0 fully saturated rings. The Morgan fingerprint density at radius 2 is 1.70 bits per heavy atom. The molecule has 23 heavy (non-hydrogen) atoms. The Hall–Kier alpha value is -1.44. The van der Waals surface area contributed by atoms with Crippen molar-refractivity contribution in [3.63, 3.8) is 0 Å². The second-order valence-corrected chi connectivity index (χ2v) is 7.12. The smallest absolute Gasteiger partial charge is 0.243 e. The van der Waals surface area contributed by atoms with Crippen LogP contribution in [0.1, 0.15) is 25.8 Å². The Morgan fingerprint density at radius 3 is 2.22 bits per heavy atom. The molecule has 0 saturated heterocycles. The van der Waals surface area contributed by atoms with Crippen molar-refractivity contribution in [1.82, 2.24) is 14.9 Å². The summed E-state index contributed by atoms with van der Waals surface area (Å²) in [5, 5.41) is 5.78. The maximum absolute atomic E-state index is 12.4. The Kier molecular flexibility index (Phi) is 8.22. The number of carbonyl (C=O) groups is 1. The van der Waals surface area contributed by atoms with Gasteiger partial charge in [-0.05, 0) is 31.2 Å². The molecule has 0 heterocycles. The molecule has 130 valence electrons. The lowest BCUT2D eigenvalue weighted by Crippen LogP contribution is -2.30. The van der Waals surface area contributed by atoms with Gasteiger partial charge in [-0.3, -0.25) is 4.79 Å². The number of amides is 1. The Labute approximate surface area is 139 Å². The average Bonchev–Trinajstić information content (AvgIpc) is 2.54. The molecule has 0 atom stereocenters. The second kappa shape index (κ2) is 9.64. The van der Waals surface area contributed by atoms with Crippen molar-refractivity contribution >= 4 is 15.9 Å². The normalized spacial score (nSPS) is 11.7. The maximum atomic E-state index is 12.4. The van der Waals surface area contributed by atoms with Crippen molar-refractivity contribution in [3.8, 4) is 0 Å². The quantitative estimate of drug-likeness (QED) is 0.622. The van der Waals surface area contributed by atoms with Crippen molar-refractivity contribution in [2.24, 2.45) is 0 Å². The SMILES string of the molecule is CCN(CC)S(=O)(=O)c1ccc(CCC(=O)NCCNC)cc1. The molecule has 0 aliphatic heterocycles. The fourth-order valence-electron chi connectivity index (χ4n) is 2.21. The van der Waals surface area contributed by atoms with Gasteiger partial charge < -0.3 is 10.6 Å². The second-order valence-electron chi connectivity index (χ2n) is 5.19. The van der Waals surface area contributed by atoms with Crippen molar-refractivity contribution < 1.29 is 13.2 Å². The van der Waals surface area contributed by atoms with Crippen LogP contribution in [-0.2, 0) is 21.2 Å². The predicted molar refractivity (Wildman–Crippen MR) is 91.8 cm³/mol. The van der Waals surface area contributed by atoms with Gasteiger partial charge in [-0.25, -0.2) is 8.42 Å². The Morgan fingerprint density at radius 1 is 1.09 bits per heavy atom. The maximum Gasteiger partial charge on any atom is 0.243 e. The minimum atomic E-state index is -3.42. The molecule has 0 aliphatic carbocycles. The molecule has 0 bridgehead atoms. The fourth-order valence-corrected chi connectivity index (χ4v) is 3.67. The zero-order chi connectivity index (χ0) is 17.3. The van der Waals surface area contributed by atoms with Crippen LogP contribution in [0.4, 0.5) is 0 Å². The molecule has 6 nitrogen and oxygen atoms in total. The van der Waals surface area contributed by atoms with E-state index in [1.807, 2.05) is 20.9 Å². The number of aryl methyl sites for hydroxylation is 1. The molecule has 0 radical (unpaired) electrons. The van der Waals surface area contributed by atoms with Crippen LogP contribution < -0.4 is 10.6 Å². The van der Waals surface area contributed by atoms with Gasteiger partial charge in [0.2, 0.25) is 15.9 Å². The lowest BCUT2D eigenvalue weighted by atomic mass is 10.1. The summed E-state index contributed by atoms with van der Waals surface area (Å²) >= 11 is 0. The number of sulfonamides is 1. The first-order valence-corrected chi connectivity index (χ1v) is 9.40. The first kappa shape index (κ1) is 19.6. The molecule has 1 rings (SSSR count). The third-order valence-electron chi connectivity index (χ3n) is 3.60. The van der Waals surface area contributed by atoms with Gasteiger partial charge in [0.25, 0.3) is 0 Å². The lowest BCUT2D eigenvalue weighted by Gasteiger charge is -2.18. The molecule has 0 aliphatic rings. The third-order valence-corrected chi connectivity index (χ3v) is 5.67. The molecule has 0 unspecified atom stereocenters. The molecule has 7 heteroatoms. The topological polar surface area (TPSA) is 78.5 Å². The number of hydrogen-bond donors (Lipinski definition) is 2. The summed E-state index contributed by atoms with van der Waals surface area (Å²) in [6.45, 7) is 5.89. The van der Waals surface area contributed by atoms with Crippen LogP contribution in [0.25, 0.3) is 0 Å². The van der Waals surface area contributed by atoms with E-state index in [1.54, 1.807) is 24.3 Å². The van der Waals surface area contributed by atoms with Crippen molar-refractivity contribution in [3.05, 3.63) is 29.8 Å². The van der Waals surface area contributed by atoms with Crippen LogP contribution in [0.5, 0.6) is 0 Å².